The van der Waals surface area contributed by atoms with Gasteiger partial charge in [0.05, 0.1) is 18.7 Å². The topological polar surface area (TPSA) is 131 Å². The van der Waals surface area contributed by atoms with Crippen LogP contribution in [0.5, 0.6) is 0 Å². The average Bonchev–Trinajstić information content (AvgIpc) is 3.27. The lowest BCUT2D eigenvalue weighted by Crippen LogP contribution is -2.47. The van der Waals surface area contributed by atoms with Gasteiger partial charge in [-0.3, -0.25) is 4.79 Å². The number of rotatable bonds is 6. The summed E-state index contributed by atoms with van der Waals surface area (Å²) in [6, 6.07) is 13.6. The summed E-state index contributed by atoms with van der Waals surface area (Å²) < 4.78 is 0. The van der Waals surface area contributed by atoms with Crippen molar-refractivity contribution in [3.05, 3.63) is 36.7 Å². The van der Waals surface area contributed by atoms with Crippen LogP contribution >= 0.6 is 0 Å². The summed E-state index contributed by atoms with van der Waals surface area (Å²) >= 11 is 0. The highest BCUT2D eigenvalue weighted by Crippen LogP contribution is 2.24. The smallest absolute Gasteiger partial charge is 0.238 e. The summed E-state index contributed by atoms with van der Waals surface area (Å²) in [5.74, 6) is 1.05. The van der Waals surface area contributed by atoms with Gasteiger partial charge in [0.2, 0.25) is 11.9 Å². The molecule has 0 bridgehead atoms. The van der Waals surface area contributed by atoms with Crippen molar-refractivity contribution in [3.8, 4) is 23.5 Å². The number of anilines is 1. The van der Waals surface area contributed by atoms with Crippen molar-refractivity contribution in [1.29, 1.82) is 10.5 Å². The predicted molar refractivity (Wildman–Crippen MR) is 118 cm³/mol. The summed E-state index contributed by atoms with van der Waals surface area (Å²) in [5, 5.41) is 25.2. The summed E-state index contributed by atoms with van der Waals surface area (Å²) in [4.78, 5) is 27.1. The van der Waals surface area contributed by atoms with Gasteiger partial charge in [0.15, 0.2) is 5.82 Å². The van der Waals surface area contributed by atoms with Gasteiger partial charge in [-0.15, -0.1) is 0 Å². The molecule has 1 saturated carbocycles. The van der Waals surface area contributed by atoms with E-state index in [1.807, 2.05) is 30.3 Å². The Kier molecular flexibility index (Phi) is 6.88. The molecule has 1 aliphatic heterocycles. The van der Waals surface area contributed by atoms with E-state index in [9.17, 15) is 15.3 Å². The number of aromatic nitrogens is 3. The maximum absolute atomic E-state index is 12.6. The molecule has 164 valence electrons. The van der Waals surface area contributed by atoms with Gasteiger partial charge in [-0.2, -0.15) is 15.5 Å². The largest absolute Gasteiger partial charge is 0.351 e. The zero-order chi connectivity index (χ0) is 22.3. The standard InChI is InChI=1S/C23H26N8O/c24-12-19-10-11-20(13-25)31(19)21(32)14-26-17-6-8-18(9-7-17)29-23-28-15-27-22(30-23)16-4-2-1-3-5-16/h1-5,15,17-20,26H,6-11,14H2,(H,27,28,29,30)/t17?,18?,19-,20+. The van der Waals surface area contributed by atoms with Crippen LogP contribution < -0.4 is 10.6 Å². The highest BCUT2D eigenvalue weighted by atomic mass is 16.2. The minimum absolute atomic E-state index is 0.160. The Bertz CT molecular complexity index is 985. The molecule has 4 rings (SSSR count). The Morgan fingerprint density at radius 1 is 0.969 bits per heavy atom. The maximum atomic E-state index is 12.6. The molecule has 2 fully saturated rings. The molecule has 32 heavy (non-hydrogen) atoms. The Morgan fingerprint density at radius 2 is 1.62 bits per heavy atom. The van der Waals surface area contributed by atoms with E-state index in [0.29, 0.717) is 24.6 Å². The van der Waals surface area contributed by atoms with E-state index in [2.05, 4.69) is 37.7 Å². The fourth-order valence-corrected chi connectivity index (χ4v) is 4.45. The van der Waals surface area contributed by atoms with E-state index in [1.54, 1.807) is 0 Å². The molecule has 2 aliphatic rings. The van der Waals surface area contributed by atoms with Crippen molar-refractivity contribution >= 4 is 11.9 Å². The second kappa shape index (κ2) is 10.2. The van der Waals surface area contributed by atoms with E-state index in [4.69, 9.17) is 0 Å². The molecule has 1 aromatic carbocycles. The number of nitrogens with one attached hydrogen (secondary N) is 2. The van der Waals surface area contributed by atoms with Crippen LogP contribution in [-0.2, 0) is 4.79 Å². The van der Waals surface area contributed by atoms with Crippen molar-refractivity contribution in [2.45, 2.75) is 62.7 Å². The molecule has 1 aliphatic carbocycles. The second-order valence-corrected chi connectivity index (χ2v) is 8.24. The molecule has 9 nitrogen and oxygen atoms in total. The van der Waals surface area contributed by atoms with Crippen LogP contribution in [0.2, 0.25) is 0 Å². The van der Waals surface area contributed by atoms with Crippen LogP contribution in [0, 0.1) is 22.7 Å². The molecule has 0 unspecified atom stereocenters. The van der Waals surface area contributed by atoms with Gasteiger partial charge < -0.3 is 15.5 Å². The Morgan fingerprint density at radius 3 is 2.28 bits per heavy atom. The van der Waals surface area contributed by atoms with Gasteiger partial charge in [-0.25, -0.2) is 9.97 Å². The molecule has 0 spiro atoms. The lowest BCUT2D eigenvalue weighted by Gasteiger charge is -2.30. The SMILES string of the molecule is N#C[C@@H]1CC[C@H](C#N)N1C(=O)CNC1CCC(Nc2ncnc(-c3ccccc3)n2)CC1. The van der Waals surface area contributed by atoms with Crippen LogP contribution in [0.3, 0.4) is 0 Å². The predicted octanol–water partition coefficient (Wildman–Crippen LogP) is 2.26. The molecule has 1 saturated heterocycles. The van der Waals surface area contributed by atoms with E-state index in [-0.39, 0.29) is 24.5 Å². The summed E-state index contributed by atoms with van der Waals surface area (Å²) in [5.41, 5.74) is 0.950. The summed E-state index contributed by atoms with van der Waals surface area (Å²) in [6.45, 7) is 0.160. The second-order valence-electron chi connectivity index (χ2n) is 8.24. The fraction of sp³-hybridized carbons (Fsp3) is 0.478. The number of nitriles is 2. The lowest BCUT2D eigenvalue weighted by molar-refractivity contribution is -0.131. The van der Waals surface area contributed by atoms with E-state index in [1.165, 1.54) is 11.2 Å². The zero-order valence-electron chi connectivity index (χ0n) is 17.8. The summed E-state index contributed by atoms with van der Waals surface area (Å²) in [7, 11) is 0. The van der Waals surface area contributed by atoms with E-state index in [0.717, 1.165) is 31.2 Å². The summed E-state index contributed by atoms with van der Waals surface area (Å²) in [6.07, 6.45) is 6.38. The number of amides is 1. The van der Waals surface area contributed by atoms with Crippen LogP contribution in [0.4, 0.5) is 5.95 Å². The minimum atomic E-state index is -0.491. The van der Waals surface area contributed by atoms with Crippen molar-refractivity contribution < 1.29 is 4.79 Å². The molecule has 1 amide bonds. The highest BCUT2D eigenvalue weighted by molar-refractivity contribution is 5.80. The fourth-order valence-electron chi connectivity index (χ4n) is 4.45. The third-order valence-electron chi connectivity index (χ3n) is 6.18. The molecular formula is C23H26N8O. The van der Waals surface area contributed by atoms with Gasteiger partial charge in [0.25, 0.3) is 0 Å². The quantitative estimate of drug-likeness (QED) is 0.713. The number of hydrogen-bond donors (Lipinski definition) is 2. The van der Waals surface area contributed by atoms with Gasteiger partial charge in [-0.05, 0) is 38.5 Å². The Balaban J connectivity index is 1.25. The number of likely N-dealkylation sites (tertiary alicyclic amines) is 1. The minimum Gasteiger partial charge on any atom is -0.351 e. The molecule has 2 N–H and O–H groups in total. The van der Waals surface area contributed by atoms with Crippen LogP contribution in [0.25, 0.3) is 11.4 Å². The Hall–Kier alpha value is -3.56. The van der Waals surface area contributed by atoms with Gasteiger partial charge in [-0.1, -0.05) is 30.3 Å². The molecule has 2 heterocycles. The number of carbonyl (C=O) groups excluding carboxylic acids is 1. The number of hydrogen-bond acceptors (Lipinski definition) is 8. The molecule has 2 atom stereocenters. The number of carbonyl (C=O) groups is 1. The molecule has 2 aromatic rings. The highest BCUT2D eigenvalue weighted by Gasteiger charge is 2.37. The third-order valence-corrected chi connectivity index (χ3v) is 6.18. The molecule has 0 radical (unpaired) electrons. The van der Waals surface area contributed by atoms with Crippen LogP contribution in [0.1, 0.15) is 38.5 Å². The van der Waals surface area contributed by atoms with Crippen LogP contribution in [-0.4, -0.2) is 56.5 Å². The number of benzene rings is 1. The Labute approximate surface area is 187 Å². The first-order valence-corrected chi connectivity index (χ1v) is 11.0. The first-order valence-electron chi connectivity index (χ1n) is 11.0. The van der Waals surface area contributed by atoms with Gasteiger partial charge >= 0.3 is 0 Å². The van der Waals surface area contributed by atoms with Crippen molar-refractivity contribution in [2.24, 2.45) is 0 Å². The van der Waals surface area contributed by atoms with E-state index >= 15 is 0 Å². The first kappa shape index (κ1) is 21.7. The first-order chi connectivity index (χ1) is 15.7. The normalized spacial score (nSPS) is 25.0. The van der Waals surface area contributed by atoms with Crippen molar-refractivity contribution in [2.75, 3.05) is 11.9 Å². The monoisotopic (exact) mass is 430 g/mol. The average molecular weight is 431 g/mol. The maximum Gasteiger partial charge on any atom is 0.238 e. The van der Waals surface area contributed by atoms with E-state index < -0.39 is 12.1 Å². The third kappa shape index (κ3) is 5.01. The van der Waals surface area contributed by atoms with Crippen molar-refractivity contribution in [1.82, 2.24) is 25.2 Å². The molecular weight excluding hydrogens is 404 g/mol. The molecule has 9 heteroatoms. The lowest BCUT2D eigenvalue weighted by atomic mass is 9.91. The number of nitrogens with zero attached hydrogens (tertiary/aromatic N) is 6. The molecule has 1 aromatic heterocycles. The van der Waals surface area contributed by atoms with Gasteiger partial charge in [0.1, 0.15) is 18.4 Å². The van der Waals surface area contributed by atoms with Gasteiger partial charge in [0, 0.05) is 17.6 Å². The van der Waals surface area contributed by atoms with Crippen molar-refractivity contribution in [3.63, 3.8) is 0 Å². The van der Waals surface area contributed by atoms with Crippen LogP contribution in [0.15, 0.2) is 36.7 Å². The zero-order valence-corrected chi connectivity index (χ0v) is 17.8.